The zero-order chi connectivity index (χ0) is 32.7. The predicted octanol–water partition coefficient (Wildman–Crippen LogP) is 11.7. The third-order valence-corrected chi connectivity index (χ3v) is 12.8. The van der Waals surface area contributed by atoms with Crippen LogP contribution in [0.5, 0.6) is 0 Å². The summed E-state index contributed by atoms with van der Waals surface area (Å²) in [6.07, 6.45) is 27.9. The first-order chi connectivity index (χ1) is 22.0. The molecule has 2 heterocycles. The van der Waals surface area contributed by atoms with Gasteiger partial charge < -0.3 is 18.9 Å². The van der Waals surface area contributed by atoms with E-state index in [2.05, 4.69) is 34.6 Å². The van der Waals surface area contributed by atoms with E-state index >= 15 is 0 Å². The summed E-state index contributed by atoms with van der Waals surface area (Å²) in [4.78, 5) is 11.3. The number of rotatable bonds is 8. The Kier molecular flexibility index (Phi) is 14.7. The van der Waals surface area contributed by atoms with Crippen LogP contribution in [-0.2, 0) is 23.7 Å². The molecular weight excluding hydrogens is 584 g/mol. The summed E-state index contributed by atoms with van der Waals surface area (Å²) in [7, 11) is 0. The van der Waals surface area contributed by atoms with Gasteiger partial charge in [0, 0.05) is 50.8 Å². The van der Waals surface area contributed by atoms with Gasteiger partial charge in [-0.15, -0.1) is 0 Å². The molecule has 0 radical (unpaired) electrons. The lowest BCUT2D eigenvalue weighted by Crippen LogP contribution is -2.49. The summed E-state index contributed by atoms with van der Waals surface area (Å²) in [5.74, 6) is 4.57. The molecule has 2 saturated heterocycles. The Balaban J connectivity index is 0.000000253. The monoisotopic (exact) mass is 664 g/mol. The molecule has 0 amide bonds. The number of ketones is 1. The maximum atomic E-state index is 11.3. The van der Waals surface area contributed by atoms with Crippen molar-refractivity contribution in [2.24, 2.45) is 40.4 Å². The Morgan fingerprint density at radius 1 is 0.553 bits per heavy atom. The van der Waals surface area contributed by atoms with Crippen LogP contribution in [0, 0.1) is 40.4 Å². The summed E-state index contributed by atoms with van der Waals surface area (Å²) in [6, 6.07) is 0. The van der Waals surface area contributed by atoms with E-state index in [9.17, 15) is 4.79 Å². The number of Topliss-reactive ketones (excluding diaryl/α,β-unsaturated/α-hetero) is 1. The van der Waals surface area contributed by atoms with Crippen molar-refractivity contribution < 1.29 is 25.2 Å². The van der Waals surface area contributed by atoms with Gasteiger partial charge in [-0.05, 0) is 81.0 Å². The lowest BCUT2D eigenvalue weighted by Gasteiger charge is -2.47. The van der Waals surface area contributed by atoms with Crippen LogP contribution in [0.15, 0.2) is 0 Å². The number of ether oxygens (including phenoxy) is 4. The molecule has 6 fully saturated rings. The van der Waals surface area contributed by atoms with Crippen molar-refractivity contribution in [2.75, 3.05) is 26.4 Å². The molecule has 0 aromatic heterocycles. The first kappa shape index (κ1) is 39.3. The maximum absolute atomic E-state index is 11.3. The highest BCUT2D eigenvalue weighted by Crippen LogP contribution is 2.45. The van der Waals surface area contributed by atoms with Crippen LogP contribution in [0.2, 0.25) is 0 Å². The van der Waals surface area contributed by atoms with Crippen molar-refractivity contribution >= 4 is 5.78 Å². The minimum absolute atomic E-state index is 0. The lowest BCUT2D eigenvalue weighted by atomic mass is 9.73. The molecule has 0 unspecified atom stereocenters. The predicted molar refractivity (Wildman–Crippen MR) is 195 cm³/mol. The summed E-state index contributed by atoms with van der Waals surface area (Å²) in [5.41, 5.74) is 0.356. The normalized spacial score (nSPS) is 31.1. The largest absolute Gasteiger partial charge is 0.349 e. The second-order valence-corrected chi connectivity index (χ2v) is 18.5. The second-order valence-electron chi connectivity index (χ2n) is 18.5. The highest BCUT2D eigenvalue weighted by atomic mass is 16.7. The molecule has 4 aliphatic carbocycles. The Morgan fingerprint density at radius 3 is 1.32 bits per heavy atom. The first-order valence-electron chi connectivity index (χ1n) is 20.0. The van der Waals surface area contributed by atoms with Crippen molar-refractivity contribution in [3.8, 4) is 0 Å². The van der Waals surface area contributed by atoms with Gasteiger partial charge >= 0.3 is 0 Å². The average Bonchev–Trinajstić information content (AvgIpc) is 3.05. The van der Waals surface area contributed by atoms with Gasteiger partial charge in [0.2, 0.25) is 0 Å². The average molecular weight is 664 g/mol. The topological polar surface area (TPSA) is 54.0 Å². The molecular formula is C42H78O5. The molecule has 6 rings (SSSR count). The van der Waals surface area contributed by atoms with Gasteiger partial charge in [0.1, 0.15) is 5.78 Å². The van der Waals surface area contributed by atoms with E-state index in [0.29, 0.717) is 5.78 Å². The molecule has 0 aromatic carbocycles. The van der Waals surface area contributed by atoms with Crippen LogP contribution in [0.25, 0.3) is 0 Å². The van der Waals surface area contributed by atoms with Crippen molar-refractivity contribution in [1.82, 2.24) is 0 Å². The van der Waals surface area contributed by atoms with E-state index in [1.54, 1.807) is 0 Å². The molecule has 0 atom stereocenters. The SMILES string of the molecule is C.CC1(C)COC2(CCC(CC3CCC(=O)CC3)CC2)OC1.CCCCCC1CCC(CC2CCC3(CC2)OCC(C)(C)CO3)CC1.[2HH]. The Labute approximate surface area is 292 Å². The van der Waals surface area contributed by atoms with Crippen LogP contribution in [-0.4, -0.2) is 43.8 Å². The van der Waals surface area contributed by atoms with E-state index in [1.165, 1.54) is 89.9 Å². The zero-order valence-electron chi connectivity index (χ0n) is 30.8. The Hall–Kier alpha value is -0.490. The highest BCUT2D eigenvalue weighted by molar-refractivity contribution is 5.79. The maximum Gasteiger partial charge on any atom is 0.168 e. The molecule has 5 heteroatoms. The molecule has 0 aromatic rings. The van der Waals surface area contributed by atoms with Crippen molar-refractivity contribution in [1.29, 1.82) is 0 Å². The summed E-state index contributed by atoms with van der Waals surface area (Å²) < 4.78 is 24.6. The van der Waals surface area contributed by atoms with E-state index in [0.717, 1.165) is 107 Å². The van der Waals surface area contributed by atoms with Gasteiger partial charge in [0.05, 0.1) is 26.4 Å². The fraction of sp³-hybridized carbons (Fsp3) is 0.976. The van der Waals surface area contributed by atoms with Crippen LogP contribution < -0.4 is 0 Å². The molecule has 0 bridgehead atoms. The van der Waals surface area contributed by atoms with Crippen molar-refractivity contribution in [2.45, 2.75) is 195 Å². The molecule has 6 aliphatic rings. The van der Waals surface area contributed by atoms with Gasteiger partial charge in [-0.2, -0.15) is 0 Å². The quantitative estimate of drug-likeness (QED) is 0.242. The molecule has 2 aliphatic heterocycles. The van der Waals surface area contributed by atoms with Gasteiger partial charge in [-0.3, -0.25) is 4.79 Å². The number of hydrogen-bond donors (Lipinski definition) is 0. The Morgan fingerprint density at radius 2 is 0.915 bits per heavy atom. The lowest BCUT2D eigenvalue weighted by molar-refractivity contribution is -0.312. The van der Waals surface area contributed by atoms with Gasteiger partial charge in [-0.25, -0.2) is 0 Å². The third kappa shape index (κ3) is 12.1. The minimum Gasteiger partial charge on any atom is -0.349 e. The first-order valence-corrected chi connectivity index (χ1v) is 20.0. The summed E-state index contributed by atoms with van der Waals surface area (Å²) in [6.45, 7) is 14.6. The number of carbonyl (C=O) groups is 1. The number of carbonyl (C=O) groups excluding carboxylic acids is 1. The second kappa shape index (κ2) is 17.6. The van der Waals surface area contributed by atoms with Gasteiger partial charge in [0.15, 0.2) is 11.6 Å². The molecule has 5 nitrogen and oxygen atoms in total. The van der Waals surface area contributed by atoms with E-state index < -0.39 is 0 Å². The smallest absolute Gasteiger partial charge is 0.168 e. The van der Waals surface area contributed by atoms with E-state index in [-0.39, 0.29) is 31.3 Å². The molecule has 4 saturated carbocycles. The summed E-state index contributed by atoms with van der Waals surface area (Å²) in [5, 5.41) is 0. The van der Waals surface area contributed by atoms with E-state index in [1.807, 2.05) is 0 Å². The zero-order valence-corrected chi connectivity index (χ0v) is 30.8. The van der Waals surface area contributed by atoms with Crippen LogP contribution in [0.3, 0.4) is 0 Å². The third-order valence-electron chi connectivity index (χ3n) is 12.8. The fourth-order valence-corrected chi connectivity index (χ4v) is 9.37. The molecule has 276 valence electrons. The van der Waals surface area contributed by atoms with Crippen LogP contribution in [0.1, 0.15) is 185 Å². The molecule has 0 N–H and O–H groups in total. The van der Waals surface area contributed by atoms with Crippen molar-refractivity contribution in [3.05, 3.63) is 0 Å². The van der Waals surface area contributed by atoms with Crippen LogP contribution >= 0.6 is 0 Å². The van der Waals surface area contributed by atoms with Gasteiger partial charge in [0.25, 0.3) is 0 Å². The number of hydrogen-bond acceptors (Lipinski definition) is 5. The molecule has 47 heavy (non-hydrogen) atoms. The standard InChI is InChI=1S/C23H42O2.C18H30O3.CH4.H2/c1-4-5-6-7-19-8-10-20(11-9-19)16-21-12-14-23(15-13-21)24-17-22(2,3)18-25-23;1-17(2)12-20-18(21-13-17)9-7-15(8-10-18)11-14-3-5-16(19)6-4-14;;/h19-21H,4-18H2,1-3H3;14-15H,3-13H2,1-2H3;1H4;1H/i;;;1+1. The number of unbranched alkanes of at least 4 members (excludes halogenated alkanes) is 2. The van der Waals surface area contributed by atoms with Crippen LogP contribution in [0.4, 0.5) is 0 Å². The van der Waals surface area contributed by atoms with Gasteiger partial charge in [-0.1, -0.05) is 93.4 Å². The fourth-order valence-electron chi connectivity index (χ4n) is 9.37. The van der Waals surface area contributed by atoms with E-state index in [4.69, 9.17) is 18.9 Å². The molecule has 2 spiro atoms. The minimum atomic E-state index is -0.269. The summed E-state index contributed by atoms with van der Waals surface area (Å²) >= 11 is 0. The highest BCUT2D eigenvalue weighted by Gasteiger charge is 2.44. The van der Waals surface area contributed by atoms with Crippen molar-refractivity contribution in [3.63, 3.8) is 0 Å². The Bertz CT molecular complexity index is 890.